The van der Waals surface area contributed by atoms with Gasteiger partial charge in [-0.25, -0.2) is 4.79 Å². The molecule has 0 bridgehead atoms. The van der Waals surface area contributed by atoms with Gasteiger partial charge in [0, 0.05) is 97.9 Å². The summed E-state index contributed by atoms with van der Waals surface area (Å²) in [6.45, 7) is 8.64. The molecule has 0 aromatic heterocycles. The van der Waals surface area contributed by atoms with E-state index in [1.165, 1.54) is 24.3 Å². The van der Waals surface area contributed by atoms with Crippen LogP contribution in [0.15, 0.2) is 107 Å². The smallest absolute Gasteiger partial charge is 0.328 e. The van der Waals surface area contributed by atoms with Crippen LogP contribution in [0.1, 0.15) is 90.4 Å². The van der Waals surface area contributed by atoms with Crippen LogP contribution in [0.2, 0.25) is 0 Å². The number of fused-ring (bicyclic) bond motifs is 2. The molecule has 0 atom stereocenters. The highest BCUT2D eigenvalue weighted by Crippen LogP contribution is 2.33. The van der Waals surface area contributed by atoms with Crippen LogP contribution < -0.4 is 32.3 Å². The molecule has 4 aromatic rings. The Morgan fingerprint density at radius 2 is 1.07 bits per heavy atom. The van der Waals surface area contributed by atoms with Gasteiger partial charge in [0.2, 0.25) is 17.7 Å². The van der Waals surface area contributed by atoms with Gasteiger partial charge < -0.3 is 47.2 Å². The molecule has 2 aliphatic rings. The zero-order chi connectivity index (χ0) is 50.6. The zero-order valence-corrected chi connectivity index (χ0v) is 40.3. The third-order valence-corrected chi connectivity index (χ3v) is 10.5. The first-order chi connectivity index (χ1) is 32.9. The largest absolute Gasteiger partial charge is 0.478 e. The maximum absolute atomic E-state index is 12.8. The van der Waals surface area contributed by atoms with E-state index < -0.39 is 29.6 Å². The Morgan fingerprint density at radius 3 is 1.45 bits per heavy atom. The number of benzene rings is 4. The minimum Gasteiger partial charge on any atom is -0.478 e. The highest BCUT2D eigenvalue weighted by atomic mass is 16.4. The van der Waals surface area contributed by atoms with Crippen molar-refractivity contribution >= 4 is 70.7 Å². The molecule has 17 nitrogen and oxygen atoms in total. The van der Waals surface area contributed by atoms with Crippen LogP contribution in [0.4, 0.5) is 11.4 Å². The first-order valence-electron chi connectivity index (χ1n) is 22.6. The van der Waals surface area contributed by atoms with Gasteiger partial charge in [-0.1, -0.05) is 38.1 Å². The molecule has 2 heterocycles. The van der Waals surface area contributed by atoms with E-state index >= 15 is 0 Å². The summed E-state index contributed by atoms with van der Waals surface area (Å²) >= 11 is 0. The lowest BCUT2D eigenvalue weighted by atomic mass is 10.1. The number of primary amides is 2. The van der Waals surface area contributed by atoms with Gasteiger partial charge in [-0.05, 0) is 136 Å². The second kappa shape index (κ2) is 26.7. The summed E-state index contributed by atoms with van der Waals surface area (Å²) in [5, 5.41) is 11.7. The van der Waals surface area contributed by atoms with Crippen LogP contribution in [0.5, 0.6) is 0 Å². The molecule has 2 aliphatic heterocycles. The number of amidine groups is 2. The number of carbonyl (C=O) groups excluding carboxylic acids is 5. The summed E-state index contributed by atoms with van der Waals surface area (Å²) < 4.78 is 0. The van der Waals surface area contributed by atoms with E-state index in [1.807, 2.05) is 86.2 Å². The summed E-state index contributed by atoms with van der Waals surface area (Å²) in [6.07, 6.45) is 8.65. The van der Waals surface area contributed by atoms with Gasteiger partial charge in [0.25, 0.3) is 11.8 Å². The maximum atomic E-state index is 12.8. The Labute approximate surface area is 404 Å². The summed E-state index contributed by atoms with van der Waals surface area (Å²) in [5.41, 5.74) is 22.6. The van der Waals surface area contributed by atoms with Gasteiger partial charge in [-0.3, -0.25) is 24.0 Å². The molecule has 0 unspecified atom stereocenters. The quantitative estimate of drug-likeness (QED) is 0.0889. The summed E-state index contributed by atoms with van der Waals surface area (Å²) in [4.78, 5) is 87.9. The number of hydrogen-bond donors (Lipinski definition) is 5. The highest BCUT2D eigenvalue weighted by Gasteiger charge is 2.28. The maximum Gasteiger partial charge on any atom is 0.328 e. The minimum absolute atomic E-state index is 0.138. The summed E-state index contributed by atoms with van der Waals surface area (Å²) in [6, 6.07) is 24.1. The fraction of sp³-hybridized carbons (Fsp3) is 0.308. The fourth-order valence-electron chi connectivity index (χ4n) is 7.22. The molecule has 5 amide bonds. The number of aliphatic carboxylic acids is 1. The second-order valence-electron chi connectivity index (χ2n) is 16.7. The third-order valence-electron chi connectivity index (χ3n) is 10.5. The molecule has 0 saturated heterocycles. The van der Waals surface area contributed by atoms with Crippen LogP contribution in [0, 0.1) is 0 Å². The normalized spacial score (nSPS) is 13.9. The van der Waals surface area contributed by atoms with Crippen molar-refractivity contribution in [3.63, 3.8) is 0 Å². The van der Waals surface area contributed by atoms with Crippen molar-refractivity contribution in [3.05, 3.63) is 142 Å². The fourth-order valence-corrected chi connectivity index (χ4v) is 7.22. The Hall–Kier alpha value is -7.60. The molecule has 4 aromatic carbocycles. The van der Waals surface area contributed by atoms with Crippen molar-refractivity contribution in [2.45, 2.75) is 39.5 Å². The van der Waals surface area contributed by atoms with Crippen LogP contribution in [-0.4, -0.2) is 130 Å². The molecule has 0 fully saturated rings. The Kier molecular flexibility index (Phi) is 20.9. The number of rotatable bonds is 17. The number of aliphatic imine (C=N–C) groups is 2. The minimum atomic E-state index is -1.01. The average molecular weight is 941 g/mol. The van der Waals surface area contributed by atoms with Gasteiger partial charge in [0.15, 0.2) is 0 Å². The van der Waals surface area contributed by atoms with Crippen molar-refractivity contribution in [2.75, 3.05) is 77.3 Å². The van der Waals surface area contributed by atoms with E-state index in [0.29, 0.717) is 48.7 Å². The monoisotopic (exact) mass is 940 g/mol. The molecule has 8 N–H and O–H groups in total. The number of amides is 5. The van der Waals surface area contributed by atoms with Gasteiger partial charge in [0.05, 0.1) is 0 Å². The van der Waals surface area contributed by atoms with Crippen molar-refractivity contribution in [1.82, 2.24) is 15.1 Å². The molecule has 0 radical (unpaired) electrons. The lowest BCUT2D eigenvalue weighted by Gasteiger charge is -2.19. The Bertz CT molecular complexity index is 2620. The highest BCUT2D eigenvalue weighted by molar-refractivity contribution is 6.14. The van der Waals surface area contributed by atoms with E-state index in [2.05, 4.69) is 27.1 Å². The van der Waals surface area contributed by atoms with Crippen molar-refractivity contribution in [2.24, 2.45) is 27.2 Å². The standard InChI is InChI=1S/C26H31N5O3.C22H21N3O4.C4H12N2/c1-4-13-31-22-10-8-18(9-11-24(32)28-12-14-30(2)3)15-21(22)17-23(31)29-26(34)20-7-5-6-19(16-20)25(27)33;1-2-10-25-18-8-6-14(7-9-20(26)27)11-17(18)13-19(25)24-22(29)16-5-3-4-15(12-16)21(23)28;1-6(2)4-3-5/h5-11,15-16H,4,12-14,17H2,1-3H3,(H2,27,33)(H,28,32);3-9,11-12H,2,10,13H2,1H3,(H2,23,28)(H,26,27);3-5H2,1-2H3/b11-9+,29-23?;9-7+,24-19?;. The lowest BCUT2D eigenvalue weighted by molar-refractivity contribution is -0.131. The van der Waals surface area contributed by atoms with Crippen LogP contribution in [-0.2, 0) is 22.4 Å². The molecule has 17 heteroatoms. The Morgan fingerprint density at radius 1 is 0.638 bits per heavy atom. The molecule has 0 spiro atoms. The van der Waals surface area contributed by atoms with Crippen LogP contribution in [0.25, 0.3) is 12.2 Å². The predicted molar refractivity (Wildman–Crippen MR) is 274 cm³/mol. The number of nitrogens with one attached hydrogen (secondary N) is 1. The molecular weight excluding hydrogens is 877 g/mol. The second-order valence-corrected chi connectivity index (χ2v) is 16.7. The predicted octanol–water partition coefficient (Wildman–Crippen LogP) is 4.89. The third kappa shape index (κ3) is 16.6. The summed E-state index contributed by atoms with van der Waals surface area (Å²) in [7, 11) is 7.93. The van der Waals surface area contributed by atoms with Gasteiger partial charge in [-0.2, -0.15) is 9.98 Å². The van der Waals surface area contributed by atoms with Crippen LogP contribution in [0.3, 0.4) is 0 Å². The van der Waals surface area contributed by atoms with E-state index in [4.69, 9.17) is 22.3 Å². The molecule has 0 saturated carbocycles. The molecule has 69 heavy (non-hydrogen) atoms. The number of carboxylic acid groups (broad SMARTS) is 1. The van der Waals surface area contributed by atoms with Crippen molar-refractivity contribution in [3.8, 4) is 0 Å². The number of nitrogens with zero attached hydrogens (tertiary/aromatic N) is 6. The van der Waals surface area contributed by atoms with Crippen molar-refractivity contribution < 1.29 is 33.9 Å². The van der Waals surface area contributed by atoms with E-state index in [1.54, 1.807) is 42.5 Å². The number of carbonyl (C=O) groups is 6. The molecule has 6 rings (SSSR count). The zero-order valence-electron chi connectivity index (χ0n) is 40.3. The number of carboxylic acids is 1. The molecule has 364 valence electrons. The van der Waals surface area contributed by atoms with Crippen molar-refractivity contribution in [1.29, 1.82) is 0 Å². The number of nitrogens with two attached hydrogens (primary N) is 3. The summed E-state index contributed by atoms with van der Waals surface area (Å²) in [5.74, 6) is -1.91. The van der Waals surface area contributed by atoms with Gasteiger partial charge >= 0.3 is 5.97 Å². The first-order valence-corrected chi connectivity index (χ1v) is 22.6. The van der Waals surface area contributed by atoms with E-state index in [0.717, 1.165) is 78.7 Å². The first kappa shape index (κ1) is 54.0. The molecular formula is C52H64N10O7. The lowest BCUT2D eigenvalue weighted by Crippen LogP contribution is -2.30. The Balaban J connectivity index is 0.000000271. The van der Waals surface area contributed by atoms with Gasteiger partial charge in [-0.15, -0.1) is 0 Å². The van der Waals surface area contributed by atoms with E-state index in [9.17, 15) is 28.8 Å². The number of hydrogen-bond acceptors (Lipinski definition) is 9. The van der Waals surface area contributed by atoms with E-state index in [-0.39, 0.29) is 17.0 Å². The molecule has 0 aliphatic carbocycles. The van der Waals surface area contributed by atoms with Crippen LogP contribution >= 0.6 is 0 Å². The average Bonchev–Trinajstić information content (AvgIpc) is 3.83. The topological polar surface area (TPSA) is 250 Å². The number of anilines is 2. The van der Waals surface area contributed by atoms with Gasteiger partial charge in [0.1, 0.15) is 11.7 Å². The number of likely N-dealkylation sites (N-methyl/N-ethyl adjacent to an activating group) is 2. The SMILES string of the molecule is CCCN1C(=NC(=O)c2cccc(C(N)=O)c2)Cc2cc(/C=C/C(=O)NCCN(C)C)ccc21.CCCN1C(=NC(=O)c2cccc(C(N)=O)c2)Cc2cc(/C=C/C(=O)O)ccc21.CN(C)CCN.